The molecule has 5 aromatic rings. The average Bonchev–Trinajstić information content (AvgIpc) is 3.03. The van der Waals surface area contributed by atoms with Gasteiger partial charge in [-0.05, 0) is 97.2 Å². The van der Waals surface area contributed by atoms with Crippen molar-refractivity contribution in [3.63, 3.8) is 0 Å². The molecule has 43 heavy (non-hydrogen) atoms. The molecule has 0 bridgehead atoms. The third-order valence-corrected chi connectivity index (χ3v) is 8.88. The largest absolute Gasteiger partial charge is 0.332 e. The molecule has 2 nitrogen and oxygen atoms in total. The molecule has 0 spiro atoms. The Morgan fingerprint density at radius 2 is 1.09 bits per heavy atom. The van der Waals surface area contributed by atoms with Gasteiger partial charge in [-0.25, -0.2) is 0 Å². The lowest BCUT2D eigenvalue weighted by Crippen LogP contribution is -2.42. The van der Waals surface area contributed by atoms with Crippen molar-refractivity contribution >= 4 is 39.2 Å². The van der Waals surface area contributed by atoms with E-state index in [2.05, 4.69) is 190 Å². The standard InChI is InChI=1S/C41H42N2/c1-40(2,3)32-23-25-33(26-24-32)41(4,5)43(36-19-10-7-11-20-36)37-29-27-35(28-30-37)42(34-17-8-6-9-18-34)39-22-14-16-31-15-12-13-21-38(31)39/h6-23,25-30,32H,24H2,1-5H3. The molecular formula is C41H42N2. The van der Waals surface area contributed by atoms with Crippen LogP contribution in [0.5, 0.6) is 0 Å². The number of allylic oxidation sites excluding steroid dienone is 2. The summed E-state index contributed by atoms with van der Waals surface area (Å²) < 4.78 is 0. The van der Waals surface area contributed by atoms with Crippen molar-refractivity contribution in [3.05, 3.63) is 151 Å². The highest BCUT2D eigenvalue weighted by molar-refractivity contribution is 5.99. The second kappa shape index (κ2) is 11.6. The molecule has 0 aliphatic heterocycles. The molecule has 2 heteroatoms. The number of hydrogen-bond donors (Lipinski definition) is 0. The first-order valence-electron chi connectivity index (χ1n) is 15.4. The van der Waals surface area contributed by atoms with E-state index in [9.17, 15) is 0 Å². The van der Waals surface area contributed by atoms with Gasteiger partial charge in [-0.15, -0.1) is 0 Å². The number of fused-ring (bicyclic) bond motifs is 1. The lowest BCUT2D eigenvalue weighted by molar-refractivity contribution is 0.292. The van der Waals surface area contributed by atoms with E-state index in [1.54, 1.807) is 0 Å². The minimum atomic E-state index is -0.253. The predicted molar refractivity (Wildman–Crippen MR) is 186 cm³/mol. The number of hydrogen-bond acceptors (Lipinski definition) is 2. The molecule has 0 radical (unpaired) electrons. The quantitative estimate of drug-likeness (QED) is 0.195. The summed E-state index contributed by atoms with van der Waals surface area (Å²) in [6, 6.07) is 45.7. The fourth-order valence-electron chi connectivity index (χ4n) is 6.38. The Bertz CT molecular complexity index is 1730. The summed E-state index contributed by atoms with van der Waals surface area (Å²) in [7, 11) is 0. The Morgan fingerprint density at radius 3 is 1.72 bits per heavy atom. The van der Waals surface area contributed by atoms with Gasteiger partial charge < -0.3 is 9.80 Å². The summed E-state index contributed by atoms with van der Waals surface area (Å²) in [6.45, 7) is 11.7. The first-order valence-corrected chi connectivity index (χ1v) is 15.4. The number of nitrogens with zero attached hydrogens (tertiary/aromatic N) is 2. The summed E-state index contributed by atoms with van der Waals surface area (Å²) in [5.41, 5.74) is 7.13. The predicted octanol–water partition coefficient (Wildman–Crippen LogP) is 11.8. The zero-order valence-electron chi connectivity index (χ0n) is 26.0. The normalized spacial score (nSPS) is 15.3. The van der Waals surface area contributed by atoms with Crippen LogP contribution in [0.4, 0.5) is 28.4 Å². The fraction of sp³-hybridized carbons (Fsp3) is 0.220. The van der Waals surface area contributed by atoms with E-state index >= 15 is 0 Å². The van der Waals surface area contributed by atoms with Gasteiger partial charge in [0.1, 0.15) is 0 Å². The molecule has 0 amide bonds. The van der Waals surface area contributed by atoms with E-state index in [1.165, 1.54) is 27.7 Å². The maximum atomic E-state index is 2.48. The summed E-state index contributed by atoms with van der Waals surface area (Å²) in [5, 5.41) is 2.46. The van der Waals surface area contributed by atoms with Crippen molar-refractivity contribution in [2.75, 3.05) is 9.80 Å². The zero-order chi connectivity index (χ0) is 30.0. The topological polar surface area (TPSA) is 6.48 Å². The molecule has 0 saturated carbocycles. The highest BCUT2D eigenvalue weighted by Gasteiger charge is 2.34. The van der Waals surface area contributed by atoms with Crippen LogP contribution in [-0.2, 0) is 0 Å². The van der Waals surface area contributed by atoms with Crippen molar-refractivity contribution in [1.29, 1.82) is 0 Å². The van der Waals surface area contributed by atoms with Crippen molar-refractivity contribution in [2.24, 2.45) is 11.3 Å². The van der Waals surface area contributed by atoms with Crippen LogP contribution in [0.2, 0.25) is 0 Å². The van der Waals surface area contributed by atoms with Crippen molar-refractivity contribution in [1.82, 2.24) is 0 Å². The minimum absolute atomic E-state index is 0.253. The molecule has 1 atom stereocenters. The average molecular weight is 563 g/mol. The smallest absolute Gasteiger partial charge is 0.0643 e. The van der Waals surface area contributed by atoms with Crippen LogP contribution in [-0.4, -0.2) is 5.54 Å². The third-order valence-electron chi connectivity index (χ3n) is 8.88. The van der Waals surface area contributed by atoms with E-state index < -0.39 is 0 Å². The second-order valence-corrected chi connectivity index (χ2v) is 13.1. The lowest BCUT2D eigenvalue weighted by Gasteiger charge is -2.43. The molecular weight excluding hydrogens is 520 g/mol. The van der Waals surface area contributed by atoms with Gasteiger partial charge in [-0.3, -0.25) is 0 Å². The van der Waals surface area contributed by atoms with Gasteiger partial charge in [0.2, 0.25) is 0 Å². The maximum absolute atomic E-state index is 2.48. The Labute approximate surface area is 257 Å². The maximum Gasteiger partial charge on any atom is 0.0643 e. The molecule has 6 rings (SSSR count). The van der Waals surface area contributed by atoms with E-state index in [-0.39, 0.29) is 11.0 Å². The van der Waals surface area contributed by atoms with E-state index in [1.807, 2.05) is 0 Å². The minimum Gasteiger partial charge on any atom is -0.332 e. The van der Waals surface area contributed by atoms with Crippen LogP contribution < -0.4 is 9.80 Å². The monoisotopic (exact) mass is 562 g/mol. The second-order valence-electron chi connectivity index (χ2n) is 13.1. The van der Waals surface area contributed by atoms with Crippen molar-refractivity contribution in [2.45, 2.75) is 46.6 Å². The van der Waals surface area contributed by atoms with E-state index in [4.69, 9.17) is 0 Å². The molecule has 1 aliphatic carbocycles. The third kappa shape index (κ3) is 5.75. The van der Waals surface area contributed by atoms with Crippen LogP contribution in [0.1, 0.15) is 41.0 Å². The first kappa shape index (κ1) is 28.6. The number of benzene rings is 5. The van der Waals surface area contributed by atoms with Crippen LogP contribution in [0.3, 0.4) is 0 Å². The molecule has 5 aromatic carbocycles. The lowest BCUT2D eigenvalue weighted by atomic mass is 9.74. The van der Waals surface area contributed by atoms with Crippen LogP contribution in [0.15, 0.2) is 151 Å². The van der Waals surface area contributed by atoms with Gasteiger partial charge in [0, 0.05) is 28.1 Å². The van der Waals surface area contributed by atoms with Gasteiger partial charge in [0.25, 0.3) is 0 Å². The Hall–Kier alpha value is -4.56. The Morgan fingerprint density at radius 1 is 0.558 bits per heavy atom. The van der Waals surface area contributed by atoms with Crippen molar-refractivity contribution in [3.8, 4) is 0 Å². The highest BCUT2D eigenvalue weighted by atomic mass is 15.2. The number of para-hydroxylation sites is 2. The summed E-state index contributed by atoms with van der Waals surface area (Å²) >= 11 is 0. The Balaban J connectivity index is 1.42. The summed E-state index contributed by atoms with van der Waals surface area (Å²) in [6.07, 6.45) is 8.31. The summed E-state index contributed by atoms with van der Waals surface area (Å²) in [5.74, 6) is 0.551. The first-order chi connectivity index (χ1) is 20.7. The molecule has 0 N–H and O–H groups in total. The molecule has 0 saturated heterocycles. The molecule has 0 heterocycles. The molecule has 216 valence electrons. The van der Waals surface area contributed by atoms with Crippen LogP contribution in [0.25, 0.3) is 10.8 Å². The molecule has 1 unspecified atom stereocenters. The van der Waals surface area contributed by atoms with Gasteiger partial charge in [-0.1, -0.05) is 112 Å². The SMILES string of the molecule is CC(C)(C)C1C=CC(C(C)(C)N(c2ccccc2)c2ccc(N(c3ccccc3)c3cccc4ccccc34)cc2)=CC1. The van der Waals surface area contributed by atoms with Gasteiger partial charge >= 0.3 is 0 Å². The van der Waals surface area contributed by atoms with Crippen molar-refractivity contribution < 1.29 is 0 Å². The fourth-order valence-corrected chi connectivity index (χ4v) is 6.38. The van der Waals surface area contributed by atoms with Crippen LogP contribution in [0, 0.1) is 11.3 Å². The molecule has 0 fully saturated rings. The molecule has 1 aliphatic rings. The van der Waals surface area contributed by atoms with Gasteiger partial charge in [-0.2, -0.15) is 0 Å². The molecule has 0 aromatic heterocycles. The highest BCUT2D eigenvalue weighted by Crippen LogP contribution is 2.43. The Kier molecular flexibility index (Phi) is 7.71. The van der Waals surface area contributed by atoms with Gasteiger partial charge in [0.05, 0.1) is 11.2 Å². The number of rotatable bonds is 7. The zero-order valence-corrected chi connectivity index (χ0v) is 26.0. The van der Waals surface area contributed by atoms with E-state index in [0.717, 1.165) is 23.5 Å². The van der Waals surface area contributed by atoms with E-state index in [0.29, 0.717) is 5.92 Å². The summed E-state index contributed by atoms with van der Waals surface area (Å²) in [4.78, 5) is 4.85. The van der Waals surface area contributed by atoms with Gasteiger partial charge in [0.15, 0.2) is 0 Å². The number of anilines is 5. The van der Waals surface area contributed by atoms with Crippen LogP contribution >= 0.6 is 0 Å².